The second-order valence-corrected chi connectivity index (χ2v) is 8.01. The molecule has 0 aromatic rings. The molecule has 0 nitrogen and oxygen atoms in total. The van der Waals surface area contributed by atoms with Gasteiger partial charge in [-0.1, -0.05) is 6.92 Å². The fraction of sp³-hybridized carbons (Fsp3) is 1.00. The Kier molecular flexibility index (Phi) is 5.39. The lowest BCUT2D eigenvalue weighted by molar-refractivity contribution is -0.354. The zero-order valence-electron chi connectivity index (χ0n) is 10.9. The predicted molar refractivity (Wildman–Crippen MR) is 49.2 cm³/mol. The highest BCUT2D eigenvalue weighted by Crippen LogP contribution is 2.60. The number of rotatable bonds is 5. The van der Waals surface area contributed by atoms with E-state index in [0.29, 0.717) is 0 Å². The highest BCUT2D eigenvalue weighted by molar-refractivity contribution is 6.78. The summed E-state index contributed by atoms with van der Waals surface area (Å²) in [5.74, 6) is -15.2. The van der Waals surface area contributed by atoms with Gasteiger partial charge in [0.1, 0.15) is 0 Å². The normalized spacial score (nSPS) is 16.5. The fourth-order valence-electron chi connectivity index (χ4n) is 1.49. The molecule has 0 aliphatic rings. The molecule has 0 saturated carbocycles. The minimum Gasteiger partial charge on any atom is -0.299 e. The molecular formula is C8H5F15Si. The topological polar surface area (TPSA) is 0 Å². The zero-order chi connectivity index (χ0) is 20.2. The van der Waals surface area contributed by atoms with E-state index in [4.69, 9.17) is 0 Å². The standard InChI is InChI=1S/C8H5F15Si/c1-2-24(23,7(19,20)3(9,10)5(13,14)15)8(21,22)4(11,12)6(16,17)18/h2H2,1H3. The third-order valence-electron chi connectivity index (χ3n) is 2.98. The minimum atomic E-state index is -8.78. The van der Waals surface area contributed by atoms with Gasteiger partial charge in [-0.2, -0.15) is 43.9 Å². The highest BCUT2D eigenvalue weighted by atomic mass is 28.4. The van der Waals surface area contributed by atoms with E-state index in [1.807, 2.05) is 0 Å². The molecule has 0 atom stereocenters. The van der Waals surface area contributed by atoms with Gasteiger partial charge in [0, 0.05) is 0 Å². The van der Waals surface area contributed by atoms with Crippen LogP contribution in [0.3, 0.4) is 0 Å². The van der Waals surface area contributed by atoms with Gasteiger partial charge in [0.05, 0.1) is 0 Å². The van der Waals surface area contributed by atoms with Crippen LogP contribution in [-0.2, 0) is 0 Å². The Balaban J connectivity index is 6.60. The molecule has 146 valence electrons. The summed E-state index contributed by atoms with van der Waals surface area (Å²) >= 11 is 0. The minimum absolute atomic E-state index is 0.271. The monoisotopic (exact) mass is 414 g/mol. The van der Waals surface area contributed by atoms with Crippen molar-refractivity contribution in [2.75, 3.05) is 0 Å². The quantitative estimate of drug-likeness (QED) is 0.309. The molecule has 24 heavy (non-hydrogen) atoms. The Hall–Kier alpha value is -0.833. The molecule has 0 N–H and O–H groups in total. The molecule has 16 heteroatoms. The molecule has 0 unspecified atom stereocenters. The first-order chi connectivity index (χ1) is 10.1. The molecule has 0 aliphatic carbocycles. The highest BCUT2D eigenvalue weighted by Gasteiger charge is 2.93. The van der Waals surface area contributed by atoms with Crippen LogP contribution in [0.15, 0.2) is 0 Å². The van der Waals surface area contributed by atoms with Crippen LogP contribution >= 0.6 is 0 Å². The Bertz CT molecular complexity index is 419. The summed E-state index contributed by atoms with van der Waals surface area (Å²) < 4.78 is 189. The number of hydrogen-bond acceptors (Lipinski definition) is 0. The van der Waals surface area contributed by atoms with Crippen LogP contribution in [-0.4, -0.2) is 43.7 Å². The number of hydrogen-bond donors (Lipinski definition) is 0. The maximum atomic E-state index is 13.8. The summed E-state index contributed by atoms with van der Waals surface area (Å²) in [6, 6.07) is -2.79. The lowest BCUT2D eigenvalue weighted by Crippen LogP contribution is -2.77. The van der Waals surface area contributed by atoms with Gasteiger partial charge in [0.15, 0.2) is 0 Å². The molecule has 0 saturated heterocycles. The van der Waals surface area contributed by atoms with E-state index in [1.165, 1.54) is 0 Å². The van der Waals surface area contributed by atoms with E-state index in [1.54, 1.807) is 0 Å². The second-order valence-electron chi connectivity index (χ2n) is 4.45. The van der Waals surface area contributed by atoms with Gasteiger partial charge in [0.2, 0.25) is 0 Å². The van der Waals surface area contributed by atoms with Crippen LogP contribution in [0.25, 0.3) is 0 Å². The van der Waals surface area contributed by atoms with E-state index in [2.05, 4.69) is 0 Å². The average Bonchev–Trinajstić information content (AvgIpc) is 2.33. The van der Waals surface area contributed by atoms with Gasteiger partial charge in [-0.15, -0.1) is 0 Å². The van der Waals surface area contributed by atoms with E-state index in [9.17, 15) is 65.6 Å². The fourth-order valence-corrected chi connectivity index (χ4v) is 4.06. The van der Waals surface area contributed by atoms with Crippen LogP contribution in [0, 0.1) is 0 Å². The van der Waals surface area contributed by atoms with Crippen molar-refractivity contribution >= 4 is 8.41 Å². The van der Waals surface area contributed by atoms with Crippen LogP contribution in [0.1, 0.15) is 6.92 Å². The maximum absolute atomic E-state index is 13.8. The van der Waals surface area contributed by atoms with E-state index in [0.717, 1.165) is 0 Å². The second kappa shape index (κ2) is 5.59. The smallest absolute Gasteiger partial charge is 0.299 e. The lowest BCUT2D eigenvalue weighted by Gasteiger charge is -2.42. The molecule has 0 aromatic heterocycles. The van der Waals surface area contributed by atoms with Gasteiger partial charge in [-0.3, -0.25) is 4.11 Å². The maximum Gasteiger partial charge on any atom is 0.459 e. The Morgan fingerprint density at radius 3 is 0.875 bits per heavy atom. The van der Waals surface area contributed by atoms with Crippen molar-refractivity contribution in [3.63, 3.8) is 0 Å². The van der Waals surface area contributed by atoms with Crippen molar-refractivity contribution in [2.45, 2.75) is 48.3 Å². The summed E-state index contributed by atoms with van der Waals surface area (Å²) in [7, 11) is -8.78. The van der Waals surface area contributed by atoms with Gasteiger partial charge in [-0.05, 0) is 6.04 Å². The summed E-state index contributed by atoms with van der Waals surface area (Å²) in [5.41, 5.74) is -15.0. The first kappa shape index (κ1) is 23.2. The predicted octanol–water partition coefficient (Wildman–Crippen LogP) is 5.67. The van der Waals surface area contributed by atoms with E-state index < -0.39 is 49.7 Å². The van der Waals surface area contributed by atoms with Crippen LogP contribution in [0.2, 0.25) is 6.04 Å². The SMILES string of the molecule is CC[Si](F)(C(F)(F)C(F)(F)C(F)(F)F)C(F)(F)C(F)(F)C(F)(F)F. The third-order valence-corrected chi connectivity index (χ3v) is 6.58. The molecule has 0 radical (unpaired) electrons. The first-order valence-corrected chi connectivity index (χ1v) is 7.48. The number of halogens is 15. The van der Waals surface area contributed by atoms with Gasteiger partial charge in [0.25, 0.3) is 0 Å². The molecule has 0 fully saturated rings. The Morgan fingerprint density at radius 1 is 0.542 bits per heavy atom. The molecule has 0 spiro atoms. The molecule has 0 aliphatic heterocycles. The molecule has 0 amide bonds. The van der Waals surface area contributed by atoms with Crippen molar-refractivity contribution in [3.05, 3.63) is 0 Å². The van der Waals surface area contributed by atoms with Gasteiger partial charge >= 0.3 is 43.7 Å². The summed E-state index contributed by atoms with van der Waals surface area (Å²) in [4.78, 5) is 0. The molecule has 0 heterocycles. The van der Waals surface area contributed by atoms with Gasteiger partial charge in [-0.25, -0.2) is 17.6 Å². The molecule has 0 bridgehead atoms. The zero-order valence-corrected chi connectivity index (χ0v) is 11.9. The molecular weight excluding hydrogens is 409 g/mol. The number of alkyl halides is 14. The van der Waals surface area contributed by atoms with Crippen molar-refractivity contribution in [2.24, 2.45) is 0 Å². The van der Waals surface area contributed by atoms with E-state index in [-0.39, 0.29) is 6.92 Å². The van der Waals surface area contributed by atoms with Crippen LogP contribution in [0.5, 0.6) is 0 Å². The summed E-state index contributed by atoms with van der Waals surface area (Å²) in [6.45, 7) is -0.271. The van der Waals surface area contributed by atoms with Gasteiger partial charge < -0.3 is 0 Å². The Morgan fingerprint density at radius 2 is 0.750 bits per heavy atom. The Labute approximate surface area is 123 Å². The lowest BCUT2D eigenvalue weighted by atomic mass is 10.3. The molecule has 0 aromatic carbocycles. The van der Waals surface area contributed by atoms with Crippen LogP contribution in [0.4, 0.5) is 65.6 Å². The first-order valence-electron chi connectivity index (χ1n) is 5.40. The third kappa shape index (κ3) is 2.73. The van der Waals surface area contributed by atoms with Crippen molar-refractivity contribution < 1.29 is 65.6 Å². The average molecular weight is 414 g/mol. The molecule has 0 rings (SSSR count). The van der Waals surface area contributed by atoms with Crippen molar-refractivity contribution in [1.29, 1.82) is 0 Å². The van der Waals surface area contributed by atoms with Crippen molar-refractivity contribution in [1.82, 2.24) is 0 Å². The van der Waals surface area contributed by atoms with Crippen LogP contribution < -0.4 is 0 Å². The largest absolute Gasteiger partial charge is 0.459 e. The van der Waals surface area contributed by atoms with E-state index >= 15 is 0 Å². The summed E-state index contributed by atoms with van der Waals surface area (Å²) in [5, 5.41) is 0. The van der Waals surface area contributed by atoms with Crippen molar-refractivity contribution in [3.8, 4) is 0 Å². The summed E-state index contributed by atoms with van der Waals surface area (Å²) in [6.07, 6.45) is -14.8.